The molecular formula is C15H19N. The summed E-state index contributed by atoms with van der Waals surface area (Å²) in [5, 5.41) is 0. The Kier molecular flexibility index (Phi) is 2.69. The van der Waals surface area contributed by atoms with Gasteiger partial charge < -0.3 is 4.90 Å². The first-order chi connectivity index (χ1) is 7.95. The number of nitrogens with zero attached hydrogens (tertiary/aromatic N) is 1. The maximum atomic E-state index is 2.60. The number of allylic oxidation sites excluding steroid dienone is 2. The van der Waals surface area contributed by atoms with Crippen molar-refractivity contribution in [1.29, 1.82) is 0 Å². The normalized spacial score (nSPS) is 24.9. The van der Waals surface area contributed by atoms with Gasteiger partial charge in [0.25, 0.3) is 0 Å². The molecule has 3 rings (SSSR count). The van der Waals surface area contributed by atoms with Crippen LogP contribution in [0.1, 0.15) is 37.2 Å². The van der Waals surface area contributed by atoms with Gasteiger partial charge in [0.05, 0.1) is 0 Å². The Balaban J connectivity index is 1.92. The van der Waals surface area contributed by atoms with Crippen LogP contribution in [0, 0.1) is 0 Å². The van der Waals surface area contributed by atoms with Crippen LogP contribution in [0.4, 0.5) is 0 Å². The largest absolute Gasteiger partial charge is 0.375 e. The molecule has 1 fully saturated rings. The molecule has 1 atom stereocenters. The van der Waals surface area contributed by atoms with Crippen molar-refractivity contribution in [3.8, 4) is 0 Å². The lowest BCUT2D eigenvalue weighted by molar-refractivity contribution is 0.255. The highest BCUT2D eigenvalue weighted by atomic mass is 15.1. The van der Waals surface area contributed by atoms with Crippen molar-refractivity contribution in [1.82, 2.24) is 4.90 Å². The van der Waals surface area contributed by atoms with Gasteiger partial charge in [-0.2, -0.15) is 0 Å². The number of fused-ring (bicyclic) bond motifs is 1. The van der Waals surface area contributed by atoms with E-state index in [1.165, 1.54) is 44.3 Å². The molecule has 0 bridgehead atoms. The van der Waals surface area contributed by atoms with Gasteiger partial charge in [0.2, 0.25) is 0 Å². The van der Waals surface area contributed by atoms with Crippen LogP contribution in [0.3, 0.4) is 0 Å². The Bertz CT molecular complexity index is 380. The highest BCUT2D eigenvalue weighted by Crippen LogP contribution is 2.37. The predicted octanol–water partition coefficient (Wildman–Crippen LogP) is 3.54. The van der Waals surface area contributed by atoms with Crippen LogP contribution in [0.5, 0.6) is 0 Å². The van der Waals surface area contributed by atoms with Gasteiger partial charge in [0.15, 0.2) is 0 Å². The average Bonchev–Trinajstić information content (AvgIpc) is 2.39. The van der Waals surface area contributed by atoms with E-state index in [-0.39, 0.29) is 0 Å². The highest BCUT2D eigenvalue weighted by Gasteiger charge is 2.27. The molecule has 16 heavy (non-hydrogen) atoms. The molecule has 1 aromatic carbocycles. The standard InChI is InChI=1S/C15H19N/c1-2-7-13(8-3-1)14-9-6-12-16-11-5-4-10-15(14)16/h1-3,7-8,10,14H,4-6,9,11-12H2. The van der Waals surface area contributed by atoms with Crippen LogP contribution >= 0.6 is 0 Å². The van der Waals surface area contributed by atoms with Gasteiger partial charge in [-0.1, -0.05) is 36.4 Å². The van der Waals surface area contributed by atoms with Crippen molar-refractivity contribution < 1.29 is 0 Å². The maximum absolute atomic E-state index is 2.60. The lowest BCUT2D eigenvalue weighted by Crippen LogP contribution is -2.35. The number of rotatable bonds is 1. The van der Waals surface area contributed by atoms with E-state index in [0.717, 1.165) is 0 Å². The van der Waals surface area contributed by atoms with Gasteiger partial charge in [-0.15, -0.1) is 0 Å². The second-order valence-corrected chi connectivity index (χ2v) is 4.86. The molecular weight excluding hydrogens is 194 g/mol. The van der Waals surface area contributed by atoms with E-state index in [2.05, 4.69) is 41.3 Å². The average molecular weight is 213 g/mol. The van der Waals surface area contributed by atoms with Crippen molar-refractivity contribution >= 4 is 0 Å². The molecule has 2 heterocycles. The monoisotopic (exact) mass is 213 g/mol. The van der Waals surface area contributed by atoms with Gasteiger partial charge >= 0.3 is 0 Å². The molecule has 84 valence electrons. The third kappa shape index (κ3) is 1.75. The molecule has 2 aliphatic heterocycles. The zero-order valence-corrected chi connectivity index (χ0v) is 9.73. The van der Waals surface area contributed by atoms with Gasteiger partial charge in [0.1, 0.15) is 0 Å². The topological polar surface area (TPSA) is 3.24 Å². The third-order valence-corrected chi connectivity index (χ3v) is 3.83. The molecule has 2 aliphatic rings. The van der Waals surface area contributed by atoms with E-state index in [4.69, 9.17) is 0 Å². The van der Waals surface area contributed by atoms with Crippen LogP contribution in [-0.4, -0.2) is 18.0 Å². The second-order valence-electron chi connectivity index (χ2n) is 4.86. The minimum Gasteiger partial charge on any atom is -0.375 e. The van der Waals surface area contributed by atoms with Crippen LogP contribution in [0.15, 0.2) is 42.1 Å². The first kappa shape index (κ1) is 9.95. The zero-order valence-electron chi connectivity index (χ0n) is 9.73. The van der Waals surface area contributed by atoms with E-state index in [1.807, 2.05) is 0 Å². The summed E-state index contributed by atoms with van der Waals surface area (Å²) in [7, 11) is 0. The van der Waals surface area contributed by atoms with Crippen molar-refractivity contribution in [3.05, 3.63) is 47.7 Å². The van der Waals surface area contributed by atoms with Gasteiger partial charge in [-0.3, -0.25) is 0 Å². The summed E-state index contributed by atoms with van der Waals surface area (Å²) in [6.45, 7) is 2.55. The van der Waals surface area contributed by atoms with Crippen LogP contribution in [-0.2, 0) is 0 Å². The number of hydrogen-bond acceptors (Lipinski definition) is 1. The van der Waals surface area contributed by atoms with Crippen LogP contribution < -0.4 is 0 Å². The Morgan fingerprint density at radius 2 is 1.81 bits per heavy atom. The predicted molar refractivity (Wildman–Crippen MR) is 67.3 cm³/mol. The highest BCUT2D eigenvalue weighted by molar-refractivity contribution is 5.30. The molecule has 1 unspecified atom stereocenters. The fourth-order valence-electron chi connectivity index (χ4n) is 3.05. The fraction of sp³-hybridized carbons (Fsp3) is 0.467. The second kappa shape index (κ2) is 4.32. The van der Waals surface area contributed by atoms with E-state index >= 15 is 0 Å². The zero-order chi connectivity index (χ0) is 10.8. The molecule has 0 radical (unpaired) electrons. The first-order valence-corrected chi connectivity index (χ1v) is 6.45. The number of hydrogen-bond donors (Lipinski definition) is 0. The van der Waals surface area contributed by atoms with Crippen molar-refractivity contribution in [3.63, 3.8) is 0 Å². The van der Waals surface area contributed by atoms with Crippen molar-refractivity contribution in [2.24, 2.45) is 0 Å². The Hall–Kier alpha value is -1.24. The summed E-state index contributed by atoms with van der Waals surface area (Å²) in [6.07, 6.45) is 7.75. The van der Waals surface area contributed by atoms with Crippen LogP contribution in [0.25, 0.3) is 0 Å². The van der Waals surface area contributed by atoms with Gasteiger partial charge in [-0.05, 0) is 31.2 Å². The Morgan fingerprint density at radius 1 is 1.00 bits per heavy atom. The SMILES string of the molecule is C1=C2C(c3ccccc3)CCCN2CCC1. The summed E-state index contributed by atoms with van der Waals surface area (Å²) in [5.41, 5.74) is 3.10. The summed E-state index contributed by atoms with van der Waals surface area (Å²) in [5.74, 6) is 0.662. The molecule has 0 N–H and O–H groups in total. The molecule has 0 aliphatic carbocycles. The summed E-state index contributed by atoms with van der Waals surface area (Å²) < 4.78 is 0. The smallest absolute Gasteiger partial charge is 0.0237 e. The van der Waals surface area contributed by atoms with Crippen molar-refractivity contribution in [2.45, 2.75) is 31.6 Å². The van der Waals surface area contributed by atoms with E-state index in [9.17, 15) is 0 Å². The quantitative estimate of drug-likeness (QED) is 0.689. The van der Waals surface area contributed by atoms with Crippen molar-refractivity contribution in [2.75, 3.05) is 13.1 Å². The molecule has 1 saturated heterocycles. The lowest BCUT2D eigenvalue weighted by atomic mass is 9.85. The summed E-state index contributed by atoms with van der Waals surface area (Å²) in [6, 6.07) is 11.0. The molecule has 0 saturated carbocycles. The fourth-order valence-corrected chi connectivity index (χ4v) is 3.05. The first-order valence-electron chi connectivity index (χ1n) is 6.45. The molecule has 0 amide bonds. The molecule has 0 aromatic heterocycles. The van der Waals surface area contributed by atoms with E-state index < -0.39 is 0 Å². The van der Waals surface area contributed by atoms with E-state index in [0.29, 0.717) is 5.92 Å². The summed E-state index contributed by atoms with van der Waals surface area (Å²) >= 11 is 0. The molecule has 1 heteroatoms. The van der Waals surface area contributed by atoms with Crippen LogP contribution in [0.2, 0.25) is 0 Å². The molecule has 1 nitrogen and oxygen atoms in total. The Labute approximate surface area is 97.8 Å². The maximum Gasteiger partial charge on any atom is 0.0237 e. The lowest BCUT2D eigenvalue weighted by Gasteiger charge is -2.40. The Morgan fingerprint density at radius 3 is 2.69 bits per heavy atom. The minimum absolute atomic E-state index is 0.662. The number of benzene rings is 1. The number of piperidine rings is 1. The minimum atomic E-state index is 0.662. The molecule has 1 aromatic rings. The molecule has 0 spiro atoms. The third-order valence-electron chi connectivity index (χ3n) is 3.83. The van der Waals surface area contributed by atoms with Gasteiger partial charge in [0, 0.05) is 24.7 Å². The van der Waals surface area contributed by atoms with E-state index in [1.54, 1.807) is 5.70 Å². The summed E-state index contributed by atoms with van der Waals surface area (Å²) in [4.78, 5) is 2.60. The van der Waals surface area contributed by atoms with Gasteiger partial charge in [-0.25, -0.2) is 0 Å².